The van der Waals surface area contributed by atoms with Crippen molar-refractivity contribution < 1.29 is 4.79 Å². The molecule has 0 fully saturated rings. The predicted molar refractivity (Wildman–Crippen MR) is 85.4 cm³/mol. The average Bonchev–Trinajstić information content (AvgIpc) is 2.81. The molecule has 0 aliphatic rings. The molecule has 0 unspecified atom stereocenters. The summed E-state index contributed by atoms with van der Waals surface area (Å²) in [4.78, 5) is 16.4. The van der Waals surface area contributed by atoms with Crippen LogP contribution in [0.2, 0.25) is 0 Å². The van der Waals surface area contributed by atoms with Crippen molar-refractivity contribution in [3.05, 3.63) is 56.8 Å². The van der Waals surface area contributed by atoms with Crippen molar-refractivity contribution in [2.75, 3.05) is 7.05 Å². The first-order valence-electron chi connectivity index (χ1n) is 6.92. The van der Waals surface area contributed by atoms with Crippen molar-refractivity contribution in [1.29, 1.82) is 0 Å². The van der Waals surface area contributed by atoms with E-state index in [1.54, 1.807) is 16.2 Å². The maximum absolute atomic E-state index is 12.5. The summed E-state index contributed by atoms with van der Waals surface area (Å²) in [7, 11) is 1.87. The third kappa shape index (κ3) is 3.10. The molecule has 1 amide bonds. The number of amides is 1. The topological polar surface area (TPSA) is 20.3 Å². The van der Waals surface area contributed by atoms with Gasteiger partial charge in [0.25, 0.3) is 5.91 Å². The molecule has 2 nitrogen and oxygen atoms in total. The Hall–Kier alpha value is -1.61. The van der Waals surface area contributed by atoms with Crippen LogP contribution in [0.25, 0.3) is 0 Å². The molecule has 20 heavy (non-hydrogen) atoms. The summed E-state index contributed by atoms with van der Waals surface area (Å²) in [5.41, 5.74) is 3.71. The minimum absolute atomic E-state index is 0.112. The Labute approximate surface area is 125 Å². The van der Waals surface area contributed by atoms with Gasteiger partial charge in [-0.15, -0.1) is 11.3 Å². The third-order valence-electron chi connectivity index (χ3n) is 3.63. The van der Waals surface area contributed by atoms with Crippen molar-refractivity contribution in [1.82, 2.24) is 4.90 Å². The number of thiophene rings is 1. The molecule has 2 aromatic rings. The second-order valence-electron chi connectivity index (χ2n) is 5.13. The van der Waals surface area contributed by atoms with Crippen LogP contribution in [0.4, 0.5) is 0 Å². The summed E-state index contributed by atoms with van der Waals surface area (Å²) in [6.07, 6.45) is 0.983. The highest BCUT2D eigenvalue weighted by Gasteiger charge is 2.16. The number of hydrogen-bond acceptors (Lipinski definition) is 2. The summed E-state index contributed by atoms with van der Waals surface area (Å²) in [6, 6.07) is 10.2. The molecular weight excluding hydrogens is 266 g/mol. The van der Waals surface area contributed by atoms with Crippen LogP contribution in [0, 0.1) is 13.8 Å². The second-order valence-corrected chi connectivity index (χ2v) is 6.39. The number of nitrogens with zero attached hydrogens (tertiary/aromatic N) is 1. The summed E-state index contributed by atoms with van der Waals surface area (Å²) >= 11 is 1.60. The van der Waals surface area contributed by atoms with E-state index in [0.29, 0.717) is 6.54 Å². The number of carbonyl (C=O) groups is 1. The summed E-state index contributed by atoms with van der Waals surface area (Å²) in [5, 5.41) is 0. The molecule has 0 spiro atoms. The highest BCUT2D eigenvalue weighted by Crippen LogP contribution is 2.23. The van der Waals surface area contributed by atoms with E-state index in [9.17, 15) is 4.79 Å². The molecule has 0 saturated heterocycles. The van der Waals surface area contributed by atoms with Gasteiger partial charge in [-0.05, 0) is 43.0 Å². The highest BCUT2D eigenvalue weighted by atomic mass is 32.1. The third-order valence-corrected chi connectivity index (χ3v) is 4.71. The maximum Gasteiger partial charge on any atom is 0.263 e. The first-order chi connectivity index (χ1) is 9.52. The van der Waals surface area contributed by atoms with Crippen LogP contribution in [0.1, 0.15) is 38.2 Å². The first kappa shape index (κ1) is 14.8. The Balaban J connectivity index is 2.14. The van der Waals surface area contributed by atoms with Gasteiger partial charge < -0.3 is 4.90 Å². The highest BCUT2D eigenvalue weighted by molar-refractivity contribution is 7.14. The predicted octanol–water partition coefficient (Wildman–Crippen LogP) is 4.20. The molecule has 0 bridgehead atoms. The van der Waals surface area contributed by atoms with Gasteiger partial charge in [-0.2, -0.15) is 0 Å². The molecule has 1 aromatic heterocycles. The molecule has 1 heterocycles. The van der Waals surface area contributed by atoms with Crippen LogP contribution in [-0.2, 0) is 13.0 Å². The molecule has 1 aromatic carbocycles. The van der Waals surface area contributed by atoms with Crippen molar-refractivity contribution in [2.24, 2.45) is 0 Å². The van der Waals surface area contributed by atoms with Crippen molar-refractivity contribution in [3.63, 3.8) is 0 Å². The lowest BCUT2D eigenvalue weighted by molar-refractivity contribution is 0.0789. The van der Waals surface area contributed by atoms with E-state index in [4.69, 9.17) is 0 Å². The summed E-state index contributed by atoms with van der Waals surface area (Å²) < 4.78 is 0. The maximum atomic E-state index is 12.5. The molecule has 0 N–H and O–H groups in total. The van der Waals surface area contributed by atoms with Gasteiger partial charge in [-0.25, -0.2) is 0 Å². The minimum Gasteiger partial charge on any atom is -0.337 e. The van der Waals surface area contributed by atoms with Crippen LogP contribution < -0.4 is 0 Å². The standard InChI is InChI=1S/C17H21NOS/c1-5-14-10-16(20-13(14)3)17(19)18(4)11-15-9-7-6-8-12(15)2/h6-10H,5,11H2,1-4H3. The molecular formula is C17H21NOS. The Kier molecular flexibility index (Phi) is 4.61. The van der Waals surface area contributed by atoms with E-state index < -0.39 is 0 Å². The molecule has 0 radical (unpaired) electrons. The number of aryl methyl sites for hydroxylation is 3. The van der Waals surface area contributed by atoms with Crippen LogP contribution >= 0.6 is 11.3 Å². The SMILES string of the molecule is CCc1cc(C(=O)N(C)Cc2ccccc2C)sc1C. The zero-order valence-corrected chi connectivity index (χ0v) is 13.4. The fourth-order valence-electron chi connectivity index (χ4n) is 2.28. The lowest BCUT2D eigenvalue weighted by Crippen LogP contribution is -2.25. The summed E-state index contributed by atoms with van der Waals surface area (Å²) in [6.45, 7) is 6.95. The Morgan fingerprint density at radius 3 is 2.50 bits per heavy atom. The van der Waals surface area contributed by atoms with E-state index in [1.807, 2.05) is 25.2 Å². The smallest absolute Gasteiger partial charge is 0.263 e. The van der Waals surface area contributed by atoms with Crippen LogP contribution in [0.5, 0.6) is 0 Å². The first-order valence-corrected chi connectivity index (χ1v) is 7.73. The van der Waals surface area contributed by atoms with E-state index in [-0.39, 0.29) is 5.91 Å². The molecule has 2 rings (SSSR count). The molecule has 3 heteroatoms. The van der Waals surface area contributed by atoms with Gasteiger partial charge in [0.1, 0.15) is 0 Å². The van der Waals surface area contributed by atoms with E-state index in [2.05, 4.69) is 32.9 Å². The molecule has 106 valence electrons. The Morgan fingerprint density at radius 1 is 1.20 bits per heavy atom. The van der Waals surface area contributed by atoms with Gasteiger partial charge in [-0.3, -0.25) is 4.79 Å². The largest absolute Gasteiger partial charge is 0.337 e. The number of rotatable bonds is 4. The quantitative estimate of drug-likeness (QED) is 0.825. The van der Waals surface area contributed by atoms with Crippen molar-refractivity contribution >= 4 is 17.2 Å². The van der Waals surface area contributed by atoms with Crippen LogP contribution in [0.15, 0.2) is 30.3 Å². The zero-order valence-electron chi connectivity index (χ0n) is 12.6. The van der Waals surface area contributed by atoms with E-state index >= 15 is 0 Å². The molecule has 0 aliphatic heterocycles. The molecule has 0 atom stereocenters. The van der Waals surface area contributed by atoms with Gasteiger partial charge in [-0.1, -0.05) is 31.2 Å². The number of hydrogen-bond donors (Lipinski definition) is 0. The Bertz CT molecular complexity index is 615. The molecule has 0 aliphatic carbocycles. The van der Waals surface area contributed by atoms with Crippen molar-refractivity contribution in [2.45, 2.75) is 33.7 Å². The van der Waals surface area contributed by atoms with Gasteiger partial charge >= 0.3 is 0 Å². The molecule has 0 saturated carbocycles. The van der Waals surface area contributed by atoms with Crippen LogP contribution in [0.3, 0.4) is 0 Å². The van der Waals surface area contributed by atoms with Crippen molar-refractivity contribution in [3.8, 4) is 0 Å². The summed E-state index contributed by atoms with van der Waals surface area (Å²) in [5.74, 6) is 0.112. The van der Waals surface area contributed by atoms with Gasteiger partial charge in [0.05, 0.1) is 4.88 Å². The number of benzene rings is 1. The fraction of sp³-hybridized carbons (Fsp3) is 0.353. The zero-order chi connectivity index (χ0) is 14.7. The van der Waals surface area contributed by atoms with Gasteiger partial charge in [0.2, 0.25) is 0 Å². The fourth-order valence-corrected chi connectivity index (χ4v) is 3.39. The lowest BCUT2D eigenvalue weighted by Gasteiger charge is -2.17. The monoisotopic (exact) mass is 287 g/mol. The number of carbonyl (C=O) groups excluding carboxylic acids is 1. The second kappa shape index (κ2) is 6.23. The van der Waals surface area contributed by atoms with E-state index in [1.165, 1.54) is 21.6 Å². The average molecular weight is 287 g/mol. The van der Waals surface area contributed by atoms with E-state index in [0.717, 1.165) is 11.3 Å². The van der Waals surface area contributed by atoms with Gasteiger partial charge in [0.15, 0.2) is 0 Å². The Morgan fingerprint density at radius 2 is 1.90 bits per heavy atom. The van der Waals surface area contributed by atoms with Gasteiger partial charge in [0, 0.05) is 18.5 Å². The lowest BCUT2D eigenvalue weighted by atomic mass is 10.1. The normalized spacial score (nSPS) is 10.6. The minimum atomic E-state index is 0.112. The van der Waals surface area contributed by atoms with Crippen LogP contribution in [-0.4, -0.2) is 17.9 Å².